The molecule has 0 bridgehead atoms. The normalized spacial score (nSPS) is 33.9. The van der Waals surface area contributed by atoms with Crippen LogP contribution in [0, 0.1) is 34.5 Å². The van der Waals surface area contributed by atoms with Crippen molar-refractivity contribution >= 4 is 29.1 Å². The number of ether oxygens (including phenoxy) is 2. The number of nitrogens with two attached hydrogens (primary N) is 1. The summed E-state index contributed by atoms with van der Waals surface area (Å²) in [6.45, 7) is 6.45. The van der Waals surface area contributed by atoms with E-state index in [-0.39, 0.29) is 81.2 Å². The molecule has 0 saturated heterocycles. The molecule has 5 rings (SSSR count). The largest absolute Gasteiger partial charge is 2.00 e. The summed E-state index contributed by atoms with van der Waals surface area (Å²) in [6.07, 6.45) is 13.9. The standard InChI is InChI=1S/C31H42N2O5S.2ClH.Pt/c1-19(34)38-27-8-7-24-28-20(6-4-5-13-37-29(36)26(32)16-22-17-39-18-33-22)14-21-15-23(35)9-11-30(21,2)25(28)10-12-31(24,27)3;;;/h4-5,15,17-18,20,24-28H,6-14,16,32H2,1-3H3;2*1H;/q;;;+2/p-2/b5-4+;;;/t20-,24?,25?,26+,27+,28?,30+,31+;;;/m1.../s1. The molecule has 1 heterocycles. The van der Waals surface area contributed by atoms with Gasteiger partial charge in [-0.1, -0.05) is 31.6 Å². The summed E-state index contributed by atoms with van der Waals surface area (Å²) in [5.41, 5.74) is 9.93. The van der Waals surface area contributed by atoms with Gasteiger partial charge in [0, 0.05) is 30.6 Å². The second-order valence-electron chi connectivity index (χ2n) is 12.7. The molecule has 2 N–H and O–H groups in total. The van der Waals surface area contributed by atoms with Crippen LogP contribution >= 0.6 is 11.3 Å². The Balaban J connectivity index is 0.00000205. The summed E-state index contributed by atoms with van der Waals surface area (Å²) in [5.74, 6) is 1.59. The molecule has 3 fully saturated rings. The number of carbonyl (C=O) groups is 3. The van der Waals surface area contributed by atoms with Crippen LogP contribution < -0.4 is 30.5 Å². The van der Waals surface area contributed by atoms with Crippen LogP contribution in [0.2, 0.25) is 0 Å². The molecule has 3 saturated carbocycles. The average Bonchev–Trinajstić information content (AvgIpc) is 3.51. The van der Waals surface area contributed by atoms with E-state index in [0.717, 1.165) is 50.6 Å². The number of ketones is 1. The van der Waals surface area contributed by atoms with Gasteiger partial charge in [-0.15, -0.1) is 11.3 Å². The zero-order valence-electron chi connectivity index (χ0n) is 24.5. The Morgan fingerprint density at radius 2 is 1.93 bits per heavy atom. The monoisotopic (exact) mass is 819 g/mol. The number of carbonyl (C=O) groups excluding carboxylic acids is 3. The summed E-state index contributed by atoms with van der Waals surface area (Å²) in [5, 5.41) is 1.89. The SMILES string of the molecule is CC(=O)O[C@H]1CCC2C3C(CC[C@@]21C)[C@@]1(C)CCC(=O)C=C1C[C@H]3C/C=C/COC(=O)[C@@H](N)Cc1cscn1.[Cl-].[Cl-].[Pt+2]. The fourth-order valence-electron chi connectivity index (χ4n) is 8.51. The number of allylic oxidation sites excluding steroid dienone is 2. The first kappa shape index (κ1) is 37.1. The van der Waals surface area contributed by atoms with Crippen molar-refractivity contribution in [3.05, 3.63) is 40.4 Å². The fraction of sp³-hybridized carbons (Fsp3) is 0.677. The third-order valence-electron chi connectivity index (χ3n) is 10.5. The van der Waals surface area contributed by atoms with Crippen molar-refractivity contribution in [2.45, 2.75) is 90.7 Å². The van der Waals surface area contributed by atoms with E-state index in [2.05, 4.69) is 24.9 Å². The minimum absolute atomic E-state index is 0. The van der Waals surface area contributed by atoms with Gasteiger partial charge in [0.05, 0.1) is 11.2 Å². The van der Waals surface area contributed by atoms with E-state index in [9.17, 15) is 14.4 Å². The zero-order chi connectivity index (χ0) is 27.8. The van der Waals surface area contributed by atoms with Crippen molar-refractivity contribution in [1.29, 1.82) is 0 Å². The van der Waals surface area contributed by atoms with Crippen molar-refractivity contribution in [2.24, 2.45) is 40.2 Å². The number of hydrogen-bond acceptors (Lipinski definition) is 8. The molecule has 1 aromatic rings. The molecule has 4 aliphatic carbocycles. The maximum atomic E-state index is 12.4. The van der Waals surface area contributed by atoms with Crippen LogP contribution in [0.4, 0.5) is 0 Å². The van der Waals surface area contributed by atoms with Crippen molar-refractivity contribution in [2.75, 3.05) is 6.61 Å². The van der Waals surface area contributed by atoms with Crippen molar-refractivity contribution in [1.82, 2.24) is 4.98 Å². The molecule has 0 aliphatic heterocycles. The third-order valence-corrected chi connectivity index (χ3v) is 11.1. The van der Waals surface area contributed by atoms with Crippen LogP contribution in [-0.4, -0.2) is 41.5 Å². The molecular formula is C31H42Cl2N2O5PtS. The molecule has 1 aromatic heterocycles. The molecule has 3 unspecified atom stereocenters. The molecule has 0 spiro atoms. The first-order valence-electron chi connectivity index (χ1n) is 14.5. The van der Waals surface area contributed by atoms with Gasteiger partial charge in [0.25, 0.3) is 0 Å². The van der Waals surface area contributed by atoms with Crippen molar-refractivity contribution in [3.8, 4) is 0 Å². The fourth-order valence-corrected chi connectivity index (χ4v) is 9.09. The number of fused-ring (bicyclic) bond motifs is 5. The van der Waals surface area contributed by atoms with E-state index in [0.29, 0.717) is 36.5 Å². The van der Waals surface area contributed by atoms with E-state index in [1.807, 2.05) is 17.5 Å². The van der Waals surface area contributed by atoms with E-state index >= 15 is 0 Å². The molecule has 4 aliphatic rings. The van der Waals surface area contributed by atoms with Gasteiger partial charge in [-0.25, -0.2) is 4.98 Å². The first-order chi connectivity index (χ1) is 18.6. The number of aromatic nitrogens is 1. The van der Waals surface area contributed by atoms with Gasteiger partial charge in [0.2, 0.25) is 0 Å². The van der Waals surface area contributed by atoms with Gasteiger partial charge in [-0.05, 0) is 80.1 Å². The topological polar surface area (TPSA) is 109 Å². The van der Waals surface area contributed by atoms with Gasteiger partial charge < -0.3 is 40.0 Å². The van der Waals surface area contributed by atoms with Crippen molar-refractivity contribution < 1.29 is 69.7 Å². The Morgan fingerprint density at radius 3 is 2.62 bits per heavy atom. The molecule has 0 amide bonds. The number of thiazole rings is 1. The quantitative estimate of drug-likeness (QED) is 0.271. The molecule has 7 nitrogen and oxygen atoms in total. The van der Waals surface area contributed by atoms with Crippen LogP contribution in [-0.2, 0) is 51.3 Å². The summed E-state index contributed by atoms with van der Waals surface area (Å²) in [4.78, 5) is 40.8. The molecule has 236 valence electrons. The average molecular weight is 821 g/mol. The minimum atomic E-state index is -0.722. The Bertz CT molecular complexity index is 1160. The van der Waals surface area contributed by atoms with Gasteiger partial charge in [-0.2, -0.15) is 0 Å². The van der Waals surface area contributed by atoms with Crippen LogP contribution in [0.3, 0.4) is 0 Å². The number of esters is 2. The van der Waals surface area contributed by atoms with Gasteiger partial charge in [-0.3, -0.25) is 14.4 Å². The maximum absolute atomic E-state index is 12.4. The first-order valence-corrected chi connectivity index (χ1v) is 15.4. The summed E-state index contributed by atoms with van der Waals surface area (Å²) >= 11 is 1.48. The van der Waals surface area contributed by atoms with Gasteiger partial charge in [0.1, 0.15) is 18.8 Å². The van der Waals surface area contributed by atoms with Gasteiger partial charge >= 0.3 is 33.0 Å². The second-order valence-corrected chi connectivity index (χ2v) is 13.4. The summed E-state index contributed by atoms with van der Waals surface area (Å²) in [7, 11) is 0. The third kappa shape index (κ3) is 7.42. The minimum Gasteiger partial charge on any atom is -1.00 e. The Hall–Kier alpha value is -1.05. The number of rotatable bonds is 8. The smallest absolute Gasteiger partial charge is 1.00 e. The van der Waals surface area contributed by atoms with E-state index in [4.69, 9.17) is 15.2 Å². The molecular weight excluding hydrogens is 778 g/mol. The summed E-state index contributed by atoms with van der Waals surface area (Å²) in [6, 6.07) is -0.722. The van der Waals surface area contributed by atoms with E-state index in [1.165, 1.54) is 23.8 Å². The van der Waals surface area contributed by atoms with E-state index < -0.39 is 12.0 Å². The molecule has 11 heteroatoms. The predicted octanol–water partition coefficient (Wildman–Crippen LogP) is -0.802. The molecule has 42 heavy (non-hydrogen) atoms. The second kappa shape index (κ2) is 15.3. The number of halogens is 2. The number of hydrogen-bond donors (Lipinski definition) is 1. The van der Waals surface area contributed by atoms with Crippen LogP contribution in [0.5, 0.6) is 0 Å². The Labute approximate surface area is 280 Å². The Morgan fingerprint density at radius 1 is 1.17 bits per heavy atom. The van der Waals surface area contributed by atoms with Crippen molar-refractivity contribution in [3.63, 3.8) is 0 Å². The maximum Gasteiger partial charge on any atom is 2.00 e. The zero-order valence-corrected chi connectivity index (χ0v) is 29.1. The molecule has 0 radical (unpaired) electrons. The predicted molar refractivity (Wildman–Crippen MR) is 150 cm³/mol. The number of nitrogens with zero attached hydrogens (tertiary/aromatic N) is 1. The van der Waals surface area contributed by atoms with E-state index in [1.54, 1.807) is 5.51 Å². The van der Waals surface area contributed by atoms with Crippen LogP contribution in [0.1, 0.15) is 77.8 Å². The van der Waals surface area contributed by atoms with Crippen LogP contribution in [0.25, 0.3) is 0 Å². The molecule has 0 aromatic carbocycles. The van der Waals surface area contributed by atoms with Crippen LogP contribution in [0.15, 0.2) is 34.7 Å². The summed E-state index contributed by atoms with van der Waals surface area (Å²) < 4.78 is 11.3. The molecule has 8 atom stereocenters. The van der Waals surface area contributed by atoms with Gasteiger partial charge in [0.15, 0.2) is 5.78 Å². The Kier molecular flexibility index (Phi) is 13.5.